The molecule has 0 saturated carbocycles. The number of nitrogens with one attached hydrogen (secondary N) is 1. The molecule has 0 spiro atoms. The molecule has 1 aromatic carbocycles. The minimum Gasteiger partial charge on any atom is -0.490 e. The third kappa shape index (κ3) is 10.8. The van der Waals surface area contributed by atoms with Gasteiger partial charge in [0.15, 0.2) is 0 Å². The van der Waals surface area contributed by atoms with Gasteiger partial charge >= 0.3 is 11.9 Å². The normalized spacial score (nSPS) is 11.7. The van der Waals surface area contributed by atoms with Crippen molar-refractivity contribution in [1.29, 1.82) is 0 Å². The topological polar surface area (TPSA) is 111 Å². The molecule has 196 valence electrons. The van der Waals surface area contributed by atoms with Gasteiger partial charge in [0.1, 0.15) is 5.75 Å². The van der Waals surface area contributed by atoms with Crippen molar-refractivity contribution in [3.63, 3.8) is 0 Å². The molecule has 0 aliphatic rings. The van der Waals surface area contributed by atoms with E-state index in [9.17, 15) is 19.2 Å². The number of amides is 2. The maximum absolute atomic E-state index is 13.2. The first-order valence-corrected chi connectivity index (χ1v) is 12.0. The first-order valence-electron chi connectivity index (χ1n) is 12.0. The first-order chi connectivity index (χ1) is 16.5. The minimum absolute atomic E-state index is 0.0766. The molecule has 0 fully saturated rings. The van der Waals surface area contributed by atoms with Crippen molar-refractivity contribution in [3.8, 4) is 5.75 Å². The van der Waals surface area contributed by atoms with Gasteiger partial charge in [-0.2, -0.15) is 0 Å². The zero-order valence-electron chi connectivity index (χ0n) is 22.0. The van der Waals surface area contributed by atoms with E-state index in [-0.39, 0.29) is 61.1 Å². The summed E-state index contributed by atoms with van der Waals surface area (Å²) in [6.07, 6.45) is 0.762. The summed E-state index contributed by atoms with van der Waals surface area (Å²) in [4.78, 5) is 50.7. The summed E-state index contributed by atoms with van der Waals surface area (Å²) in [6, 6.07) is 4.74. The third-order valence-corrected chi connectivity index (χ3v) is 5.20. The Balaban J connectivity index is 3.04. The highest BCUT2D eigenvalue weighted by molar-refractivity contribution is 6.00. The average Bonchev–Trinajstić information content (AvgIpc) is 2.81. The number of ether oxygens (including phenoxy) is 3. The van der Waals surface area contributed by atoms with Gasteiger partial charge in [0.2, 0.25) is 0 Å². The van der Waals surface area contributed by atoms with Gasteiger partial charge in [-0.3, -0.25) is 19.2 Å². The molecule has 0 aromatic heterocycles. The predicted octanol–water partition coefficient (Wildman–Crippen LogP) is 3.45. The average molecular weight is 493 g/mol. The number of esters is 2. The van der Waals surface area contributed by atoms with Crippen LogP contribution in [0, 0.1) is 11.8 Å². The molecule has 1 atom stereocenters. The molecule has 35 heavy (non-hydrogen) atoms. The summed E-state index contributed by atoms with van der Waals surface area (Å²) in [6.45, 7) is 10.7. The second-order valence-electron chi connectivity index (χ2n) is 9.28. The molecule has 0 aliphatic heterocycles. The minimum atomic E-state index is -0.386. The van der Waals surface area contributed by atoms with E-state index < -0.39 is 0 Å². The molecule has 9 heteroatoms. The monoisotopic (exact) mass is 492 g/mol. The molecule has 9 nitrogen and oxygen atoms in total. The second-order valence-corrected chi connectivity index (χ2v) is 9.28. The molecule has 0 saturated heterocycles. The fourth-order valence-electron chi connectivity index (χ4n) is 3.35. The van der Waals surface area contributed by atoms with Gasteiger partial charge in [-0.1, -0.05) is 20.8 Å². The number of carbonyl (C=O) groups excluding carboxylic acids is 4. The Morgan fingerprint density at radius 1 is 0.943 bits per heavy atom. The number of benzene rings is 1. The van der Waals surface area contributed by atoms with Gasteiger partial charge in [0, 0.05) is 31.6 Å². The summed E-state index contributed by atoms with van der Waals surface area (Å²) < 4.78 is 15.2. The SMILES string of the molecule is COC(=O)CCC(C)CNC(=O)c1ccc(C(=O)N(CCC(=O)OC)CC(C)C)cc1OC(C)C. The van der Waals surface area contributed by atoms with Gasteiger partial charge in [-0.05, 0) is 50.3 Å². The summed E-state index contributed by atoms with van der Waals surface area (Å²) in [5.74, 6) is -0.656. The molecule has 1 N–H and O–H groups in total. The smallest absolute Gasteiger partial charge is 0.307 e. The van der Waals surface area contributed by atoms with Crippen LogP contribution in [0.4, 0.5) is 0 Å². The quantitative estimate of drug-likeness (QED) is 0.396. The largest absolute Gasteiger partial charge is 0.490 e. The number of hydrogen-bond donors (Lipinski definition) is 1. The van der Waals surface area contributed by atoms with Crippen molar-refractivity contribution in [2.45, 2.75) is 60.0 Å². The van der Waals surface area contributed by atoms with Gasteiger partial charge < -0.3 is 24.4 Å². The Hall–Kier alpha value is -3.10. The lowest BCUT2D eigenvalue weighted by Gasteiger charge is -2.25. The summed E-state index contributed by atoms with van der Waals surface area (Å²) >= 11 is 0. The highest BCUT2D eigenvalue weighted by Gasteiger charge is 2.22. The van der Waals surface area contributed by atoms with Crippen molar-refractivity contribution in [1.82, 2.24) is 10.2 Å². The Labute approximate surface area is 208 Å². The van der Waals surface area contributed by atoms with Crippen molar-refractivity contribution in [2.75, 3.05) is 33.9 Å². The van der Waals surface area contributed by atoms with Gasteiger partial charge in [-0.15, -0.1) is 0 Å². The van der Waals surface area contributed by atoms with Crippen LogP contribution in [0.3, 0.4) is 0 Å². The van der Waals surface area contributed by atoms with E-state index in [0.29, 0.717) is 36.4 Å². The van der Waals surface area contributed by atoms with Crippen LogP contribution in [0.2, 0.25) is 0 Å². The standard InChI is InChI=1S/C26H40N2O7/c1-17(2)16-28(13-12-24(30)34-7)26(32)20-9-10-21(22(14-20)35-18(3)4)25(31)27-15-19(5)8-11-23(29)33-6/h9-10,14,17-19H,8,11-13,15-16H2,1-7H3,(H,27,31). The zero-order valence-corrected chi connectivity index (χ0v) is 22.0. The van der Waals surface area contributed by atoms with Crippen LogP contribution in [-0.4, -0.2) is 68.6 Å². The Bertz CT molecular complexity index is 867. The molecule has 1 unspecified atom stereocenters. The summed E-state index contributed by atoms with van der Waals surface area (Å²) in [5.41, 5.74) is 0.689. The molecule has 2 amide bonds. The summed E-state index contributed by atoms with van der Waals surface area (Å²) in [7, 11) is 2.66. The lowest BCUT2D eigenvalue weighted by atomic mass is 10.0. The molecular formula is C26H40N2O7. The van der Waals surface area contributed by atoms with Gasteiger partial charge in [0.25, 0.3) is 11.8 Å². The number of methoxy groups -OCH3 is 2. The van der Waals surface area contributed by atoms with E-state index in [4.69, 9.17) is 9.47 Å². The summed E-state index contributed by atoms with van der Waals surface area (Å²) in [5, 5.41) is 2.87. The van der Waals surface area contributed by atoms with Crippen molar-refractivity contribution >= 4 is 23.8 Å². The lowest BCUT2D eigenvalue weighted by molar-refractivity contribution is -0.141. The Morgan fingerprint density at radius 2 is 1.57 bits per heavy atom. The highest BCUT2D eigenvalue weighted by Crippen LogP contribution is 2.24. The second kappa shape index (κ2) is 15.0. The van der Waals surface area contributed by atoms with Crippen LogP contribution in [-0.2, 0) is 19.1 Å². The van der Waals surface area contributed by atoms with Gasteiger partial charge in [0.05, 0.1) is 32.3 Å². The van der Waals surface area contributed by atoms with Crippen LogP contribution in [0.25, 0.3) is 0 Å². The van der Waals surface area contributed by atoms with E-state index in [1.165, 1.54) is 14.2 Å². The fraction of sp³-hybridized carbons (Fsp3) is 0.615. The maximum atomic E-state index is 13.2. The van der Waals surface area contributed by atoms with Crippen LogP contribution < -0.4 is 10.1 Å². The Morgan fingerprint density at radius 3 is 2.14 bits per heavy atom. The molecule has 0 radical (unpaired) electrons. The Kier molecular flexibility index (Phi) is 12.8. The van der Waals surface area contributed by atoms with E-state index in [1.807, 2.05) is 34.6 Å². The van der Waals surface area contributed by atoms with E-state index >= 15 is 0 Å². The van der Waals surface area contributed by atoms with Crippen molar-refractivity contribution < 1.29 is 33.4 Å². The maximum Gasteiger partial charge on any atom is 0.307 e. The van der Waals surface area contributed by atoms with Crippen molar-refractivity contribution in [2.24, 2.45) is 11.8 Å². The molecule has 1 aromatic rings. The van der Waals surface area contributed by atoms with Gasteiger partial charge in [-0.25, -0.2) is 0 Å². The fourth-order valence-corrected chi connectivity index (χ4v) is 3.35. The molecule has 0 heterocycles. The number of rotatable bonds is 14. The number of hydrogen-bond acceptors (Lipinski definition) is 7. The third-order valence-electron chi connectivity index (χ3n) is 5.20. The predicted molar refractivity (Wildman–Crippen MR) is 132 cm³/mol. The molecule has 1 rings (SSSR count). The molecular weight excluding hydrogens is 452 g/mol. The zero-order chi connectivity index (χ0) is 26.5. The number of carbonyl (C=O) groups is 4. The van der Waals surface area contributed by atoms with Crippen LogP contribution in [0.15, 0.2) is 18.2 Å². The van der Waals surface area contributed by atoms with E-state index in [1.54, 1.807) is 23.1 Å². The van der Waals surface area contributed by atoms with E-state index in [2.05, 4.69) is 10.1 Å². The van der Waals surface area contributed by atoms with Crippen LogP contribution >= 0.6 is 0 Å². The van der Waals surface area contributed by atoms with Crippen LogP contribution in [0.1, 0.15) is 74.6 Å². The van der Waals surface area contributed by atoms with Crippen molar-refractivity contribution in [3.05, 3.63) is 29.3 Å². The molecule has 0 aliphatic carbocycles. The highest BCUT2D eigenvalue weighted by atomic mass is 16.5. The number of nitrogens with zero attached hydrogens (tertiary/aromatic N) is 1. The lowest BCUT2D eigenvalue weighted by Crippen LogP contribution is -2.36. The first kappa shape index (κ1) is 29.9. The van der Waals surface area contributed by atoms with Crippen LogP contribution in [0.5, 0.6) is 5.75 Å². The van der Waals surface area contributed by atoms with E-state index in [0.717, 1.165) is 0 Å². The molecule has 0 bridgehead atoms.